The van der Waals surface area contributed by atoms with Gasteiger partial charge in [-0.15, -0.1) is 0 Å². The summed E-state index contributed by atoms with van der Waals surface area (Å²) in [4.78, 5) is 34.0. The summed E-state index contributed by atoms with van der Waals surface area (Å²) in [6.07, 6.45) is 0.854. The lowest BCUT2D eigenvalue weighted by Crippen LogP contribution is -2.50. The highest BCUT2D eigenvalue weighted by Crippen LogP contribution is 2.17. The molecular formula is C22H23FN4O2. The average molecular weight is 394 g/mol. The van der Waals surface area contributed by atoms with Gasteiger partial charge in [0.1, 0.15) is 5.82 Å². The molecule has 4 rings (SSSR count). The fourth-order valence-corrected chi connectivity index (χ4v) is 3.73. The van der Waals surface area contributed by atoms with Crippen LogP contribution in [0.15, 0.2) is 53.3 Å². The number of amides is 1. The van der Waals surface area contributed by atoms with Crippen LogP contribution in [0.2, 0.25) is 0 Å². The van der Waals surface area contributed by atoms with Crippen LogP contribution >= 0.6 is 0 Å². The molecule has 0 saturated carbocycles. The molecule has 1 aliphatic heterocycles. The lowest BCUT2D eigenvalue weighted by Gasteiger charge is -2.35. The van der Waals surface area contributed by atoms with Crippen LogP contribution < -0.4 is 10.5 Å². The maximum absolute atomic E-state index is 13.1. The van der Waals surface area contributed by atoms with E-state index in [-0.39, 0.29) is 17.3 Å². The number of piperazine rings is 1. The highest BCUT2D eigenvalue weighted by Gasteiger charge is 2.25. The van der Waals surface area contributed by atoms with Crippen molar-refractivity contribution in [2.24, 2.45) is 0 Å². The average Bonchev–Trinajstić information content (AvgIpc) is 2.76. The molecule has 0 atom stereocenters. The van der Waals surface area contributed by atoms with E-state index in [1.807, 2.05) is 36.1 Å². The molecule has 2 heterocycles. The Morgan fingerprint density at radius 1 is 1.03 bits per heavy atom. The van der Waals surface area contributed by atoms with Crippen LogP contribution in [0.4, 0.5) is 10.2 Å². The summed E-state index contributed by atoms with van der Waals surface area (Å²) in [5, 5.41) is 0. The van der Waals surface area contributed by atoms with Gasteiger partial charge in [0, 0.05) is 38.3 Å². The third-order valence-corrected chi connectivity index (χ3v) is 5.24. The quantitative estimate of drug-likeness (QED) is 0.683. The van der Waals surface area contributed by atoms with Crippen LogP contribution in [0.1, 0.15) is 23.7 Å². The minimum atomic E-state index is -0.364. The van der Waals surface area contributed by atoms with Crippen molar-refractivity contribution in [2.45, 2.75) is 19.9 Å². The second-order valence-corrected chi connectivity index (χ2v) is 7.17. The Morgan fingerprint density at radius 3 is 2.41 bits per heavy atom. The van der Waals surface area contributed by atoms with Crippen molar-refractivity contribution in [3.63, 3.8) is 0 Å². The summed E-state index contributed by atoms with van der Waals surface area (Å²) in [5.74, 6) is -0.0531. The van der Waals surface area contributed by atoms with Gasteiger partial charge in [0.15, 0.2) is 5.82 Å². The van der Waals surface area contributed by atoms with Gasteiger partial charge in [-0.25, -0.2) is 9.37 Å². The fourth-order valence-electron chi connectivity index (χ4n) is 3.73. The van der Waals surface area contributed by atoms with E-state index >= 15 is 0 Å². The summed E-state index contributed by atoms with van der Waals surface area (Å²) < 4.78 is 14.9. The molecular weight excluding hydrogens is 371 g/mol. The maximum atomic E-state index is 13.1. The zero-order valence-corrected chi connectivity index (χ0v) is 16.3. The number of aryl methyl sites for hydroxylation is 1. The molecule has 1 saturated heterocycles. The molecule has 1 amide bonds. The van der Waals surface area contributed by atoms with E-state index < -0.39 is 0 Å². The fraction of sp³-hybridized carbons (Fsp3) is 0.318. The van der Waals surface area contributed by atoms with E-state index in [0.717, 1.165) is 17.5 Å². The molecule has 0 aliphatic carbocycles. The van der Waals surface area contributed by atoms with E-state index in [0.29, 0.717) is 44.1 Å². The van der Waals surface area contributed by atoms with Gasteiger partial charge >= 0.3 is 0 Å². The van der Waals surface area contributed by atoms with Crippen LogP contribution in [-0.4, -0.2) is 46.5 Å². The molecule has 2 aromatic carbocycles. The van der Waals surface area contributed by atoms with Crippen molar-refractivity contribution in [2.75, 3.05) is 31.1 Å². The number of hydrogen-bond acceptors (Lipinski definition) is 4. The second kappa shape index (κ2) is 8.03. The normalized spacial score (nSPS) is 14.4. The van der Waals surface area contributed by atoms with Crippen LogP contribution in [-0.2, 0) is 6.54 Å². The molecule has 1 fully saturated rings. The summed E-state index contributed by atoms with van der Waals surface area (Å²) in [6.45, 7) is 4.70. The predicted molar refractivity (Wildman–Crippen MR) is 111 cm³/mol. The van der Waals surface area contributed by atoms with Crippen molar-refractivity contribution >= 4 is 22.8 Å². The molecule has 3 aromatic rings. The second-order valence-electron chi connectivity index (χ2n) is 7.17. The molecule has 29 heavy (non-hydrogen) atoms. The van der Waals surface area contributed by atoms with Crippen molar-refractivity contribution < 1.29 is 9.18 Å². The Morgan fingerprint density at radius 2 is 1.72 bits per heavy atom. The monoisotopic (exact) mass is 394 g/mol. The van der Waals surface area contributed by atoms with Crippen LogP contribution in [0.3, 0.4) is 0 Å². The molecule has 0 unspecified atom stereocenters. The number of nitrogens with zero attached hydrogens (tertiary/aromatic N) is 4. The zero-order valence-electron chi connectivity index (χ0n) is 16.3. The minimum Gasteiger partial charge on any atom is -0.348 e. The smallest absolute Gasteiger partial charge is 0.294 e. The number of carbonyl (C=O) groups excluding carboxylic acids is 1. The molecule has 0 N–H and O–H groups in total. The summed E-state index contributed by atoms with van der Waals surface area (Å²) >= 11 is 0. The number of carbonyl (C=O) groups is 1. The standard InChI is InChI=1S/C22H23FN4O2/c1-2-11-27-19-6-4-3-5-18(19)24-20(22(27)29)25-12-14-26(15-13-25)21(28)16-7-9-17(23)10-8-16/h3-10H,2,11-15H2,1H3. The number of benzene rings is 2. The van der Waals surface area contributed by atoms with Crippen LogP contribution in [0.25, 0.3) is 11.0 Å². The molecule has 6 nitrogen and oxygen atoms in total. The van der Waals surface area contributed by atoms with Gasteiger partial charge in [-0.2, -0.15) is 0 Å². The highest BCUT2D eigenvalue weighted by atomic mass is 19.1. The van der Waals surface area contributed by atoms with E-state index in [4.69, 9.17) is 0 Å². The lowest BCUT2D eigenvalue weighted by molar-refractivity contribution is 0.0746. The van der Waals surface area contributed by atoms with E-state index in [2.05, 4.69) is 4.98 Å². The number of hydrogen-bond donors (Lipinski definition) is 0. The largest absolute Gasteiger partial charge is 0.348 e. The molecule has 7 heteroatoms. The molecule has 1 aromatic heterocycles. The molecule has 1 aliphatic rings. The van der Waals surface area contributed by atoms with Crippen molar-refractivity contribution in [3.8, 4) is 0 Å². The summed E-state index contributed by atoms with van der Waals surface area (Å²) in [6, 6.07) is 13.2. The maximum Gasteiger partial charge on any atom is 0.294 e. The third kappa shape index (κ3) is 3.72. The van der Waals surface area contributed by atoms with Gasteiger partial charge in [-0.05, 0) is 42.8 Å². The molecule has 0 radical (unpaired) electrons. The summed E-state index contributed by atoms with van der Waals surface area (Å²) in [7, 11) is 0. The Hall–Kier alpha value is -3.22. The van der Waals surface area contributed by atoms with E-state index in [1.165, 1.54) is 24.3 Å². The first-order chi connectivity index (χ1) is 14.1. The predicted octanol–water partition coefficient (Wildman–Crippen LogP) is 2.91. The topological polar surface area (TPSA) is 58.4 Å². The number of para-hydroxylation sites is 2. The lowest BCUT2D eigenvalue weighted by atomic mass is 10.2. The van der Waals surface area contributed by atoms with E-state index in [1.54, 1.807) is 9.47 Å². The Bertz CT molecular complexity index is 1090. The van der Waals surface area contributed by atoms with Gasteiger partial charge in [-0.3, -0.25) is 9.59 Å². The van der Waals surface area contributed by atoms with Gasteiger partial charge in [0.05, 0.1) is 11.0 Å². The molecule has 150 valence electrons. The van der Waals surface area contributed by atoms with Gasteiger partial charge < -0.3 is 14.4 Å². The number of fused-ring (bicyclic) bond motifs is 1. The highest BCUT2D eigenvalue weighted by molar-refractivity contribution is 5.94. The number of rotatable bonds is 4. The Balaban J connectivity index is 1.56. The molecule has 0 bridgehead atoms. The van der Waals surface area contributed by atoms with Gasteiger partial charge in [0.25, 0.3) is 11.5 Å². The van der Waals surface area contributed by atoms with Crippen molar-refractivity contribution in [3.05, 3.63) is 70.3 Å². The Labute approximate surface area is 168 Å². The van der Waals surface area contributed by atoms with Crippen LogP contribution in [0.5, 0.6) is 0 Å². The zero-order chi connectivity index (χ0) is 20.4. The van der Waals surface area contributed by atoms with Gasteiger partial charge in [-0.1, -0.05) is 19.1 Å². The first kappa shape index (κ1) is 19.1. The van der Waals surface area contributed by atoms with Crippen molar-refractivity contribution in [1.29, 1.82) is 0 Å². The number of anilines is 1. The van der Waals surface area contributed by atoms with Gasteiger partial charge in [0.2, 0.25) is 0 Å². The molecule has 0 spiro atoms. The first-order valence-electron chi connectivity index (χ1n) is 9.88. The third-order valence-electron chi connectivity index (χ3n) is 5.24. The number of halogens is 1. The van der Waals surface area contributed by atoms with Crippen LogP contribution in [0, 0.1) is 5.82 Å². The minimum absolute atomic E-state index is 0.0936. The first-order valence-corrected chi connectivity index (χ1v) is 9.88. The SMILES string of the molecule is CCCn1c(=O)c(N2CCN(C(=O)c3ccc(F)cc3)CC2)nc2ccccc21. The Kier molecular flexibility index (Phi) is 5.29. The summed E-state index contributed by atoms with van der Waals surface area (Å²) in [5.41, 5.74) is 2.01. The van der Waals surface area contributed by atoms with E-state index in [9.17, 15) is 14.0 Å². The van der Waals surface area contributed by atoms with Crippen molar-refractivity contribution in [1.82, 2.24) is 14.5 Å². The number of aromatic nitrogens is 2.